The highest BCUT2D eigenvalue weighted by Crippen LogP contribution is 2.05. The van der Waals surface area contributed by atoms with Crippen molar-refractivity contribution in [2.24, 2.45) is 0 Å². The Hall–Kier alpha value is -0.950. The molecule has 1 aliphatic rings. The molecule has 1 rings (SSSR count). The Morgan fingerprint density at radius 1 is 1.28 bits per heavy atom. The van der Waals surface area contributed by atoms with E-state index in [1.54, 1.807) is 21.6 Å². The molecule has 18 heavy (non-hydrogen) atoms. The van der Waals surface area contributed by atoms with Gasteiger partial charge < -0.3 is 14.9 Å². The smallest absolute Gasteiger partial charge is 0.319 e. The molecule has 0 bridgehead atoms. The molecule has 0 unspecified atom stereocenters. The van der Waals surface area contributed by atoms with Crippen LogP contribution in [-0.2, 0) is 4.79 Å². The molecule has 7 heteroatoms. The second-order valence-corrected chi connectivity index (χ2v) is 5.34. The molecular weight excluding hydrogens is 254 g/mol. The van der Waals surface area contributed by atoms with Crippen LogP contribution in [0.2, 0.25) is 0 Å². The summed E-state index contributed by atoms with van der Waals surface area (Å²) in [6.45, 7) is 3.29. The molecule has 2 amide bonds. The molecule has 0 aliphatic carbocycles. The van der Waals surface area contributed by atoms with E-state index in [0.717, 1.165) is 12.3 Å². The van der Waals surface area contributed by atoms with Crippen LogP contribution in [0.15, 0.2) is 0 Å². The maximum absolute atomic E-state index is 12.0. The fourth-order valence-corrected chi connectivity index (χ4v) is 2.31. The number of thioether (sulfide) groups is 1. The highest BCUT2D eigenvalue weighted by Gasteiger charge is 2.23. The molecule has 0 aromatic heterocycles. The van der Waals surface area contributed by atoms with Gasteiger partial charge in [0.25, 0.3) is 0 Å². The van der Waals surface area contributed by atoms with Crippen LogP contribution in [0.25, 0.3) is 0 Å². The topological polar surface area (TPSA) is 64.1 Å². The van der Waals surface area contributed by atoms with Gasteiger partial charge in [-0.3, -0.25) is 9.69 Å². The summed E-state index contributed by atoms with van der Waals surface area (Å²) in [6, 6.07) is 0.0408. The molecule has 1 heterocycles. The standard InChI is InChI=1S/C11H21N3O3S/c1-12(7-8-18-2)11(17)14-5-3-13(4-6-14)9-10(15)16/h3-9H2,1-2H3,(H,15,16). The van der Waals surface area contributed by atoms with Crippen molar-refractivity contribution in [3.05, 3.63) is 0 Å². The number of carboxylic acid groups (broad SMARTS) is 1. The van der Waals surface area contributed by atoms with Gasteiger partial charge in [-0.1, -0.05) is 0 Å². The summed E-state index contributed by atoms with van der Waals surface area (Å²) in [5, 5.41) is 8.69. The molecule has 0 saturated carbocycles. The van der Waals surface area contributed by atoms with Crippen molar-refractivity contribution in [3.63, 3.8) is 0 Å². The third-order valence-electron chi connectivity index (χ3n) is 2.96. The maximum atomic E-state index is 12.0. The summed E-state index contributed by atoms with van der Waals surface area (Å²) in [5.41, 5.74) is 0. The molecule has 0 aromatic rings. The third kappa shape index (κ3) is 4.73. The lowest BCUT2D eigenvalue weighted by atomic mass is 10.3. The number of aliphatic carboxylic acids is 1. The summed E-state index contributed by atoms with van der Waals surface area (Å²) in [4.78, 5) is 28.0. The van der Waals surface area contributed by atoms with Gasteiger partial charge in [-0.2, -0.15) is 11.8 Å². The minimum absolute atomic E-state index is 0.0408. The van der Waals surface area contributed by atoms with E-state index in [-0.39, 0.29) is 12.6 Å². The maximum Gasteiger partial charge on any atom is 0.319 e. The number of urea groups is 1. The number of nitrogens with zero attached hydrogens (tertiary/aromatic N) is 3. The van der Waals surface area contributed by atoms with Crippen molar-refractivity contribution in [1.29, 1.82) is 0 Å². The lowest BCUT2D eigenvalue weighted by Crippen LogP contribution is -2.53. The number of piperazine rings is 1. The van der Waals surface area contributed by atoms with Crippen molar-refractivity contribution < 1.29 is 14.7 Å². The van der Waals surface area contributed by atoms with Crippen molar-refractivity contribution in [2.45, 2.75) is 0 Å². The second-order valence-electron chi connectivity index (χ2n) is 4.35. The van der Waals surface area contributed by atoms with Crippen LogP contribution in [-0.4, -0.2) is 90.1 Å². The number of carboxylic acids is 1. The van der Waals surface area contributed by atoms with Crippen LogP contribution >= 0.6 is 11.8 Å². The van der Waals surface area contributed by atoms with E-state index in [4.69, 9.17) is 5.11 Å². The zero-order valence-corrected chi connectivity index (χ0v) is 11.8. The van der Waals surface area contributed by atoms with Crippen molar-refractivity contribution in [3.8, 4) is 0 Å². The molecule has 0 aromatic carbocycles. The Morgan fingerprint density at radius 2 is 1.89 bits per heavy atom. The summed E-state index contributed by atoms with van der Waals surface area (Å²) in [7, 11) is 1.81. The number of amides is 2. The first-order valence-corrected chi connectivity index (χ1v) is 7.37. The molecule has 0 atom stereocenters. The zero-order chi connectivity index (χ0) is 13.5. The predicted molar refractivity (Wildman–Crippen MR) is 72.1 cm³/mol. The molecule has 0 radical (unpaired) electrons. The SMILES string of the molecule is CSCCN(C)C(=O)N1CCN(CC(=O)O)CC1. The number of hydrogen-bond acceptors (Lipinski definition) is 4. The Labute approximate surface area is 112 Å². The summed E-state index contributed by atoms with van der Waals surface area (Å²) in [5.74, 6) is 0.119. The highest BCUT2D eigenvalue weighted by atomic mass is 32.2. The predicted octanol–water partition coefficient (Wildman–Crippen LogP) is 0.103. The van der Waals surface area contributed by atoms with Gasteiger partial charge in [-0.25, -0.2) is 4.79 Å². The first-order chi connectivity index (χ1) is 8.54. The van der Waals surface area contributed by atoms with Gasteiger partial charge in [0.15, 0.2) is 0 Å². The van der Waals surface area contributed by atoms with Crippen LogP contribution in [0.3, 0.4) is 0 Å². The monoisotopic (exact) mass is 275 g/mol. The van der Waals surface area contributed by atoms with Crippen LogP contribution < -0.4 is 0 Å². The average Bonchev–Trinajstić information content (AvgIpc) is 2.35. The van der Waals surface area contributed by atoms with E-state index in [1.165, 1.54) is 0 Å². The van der Waals surface area contributed by atoms with E-state index >= 15 is 0 Å². The summed E-state index contributed by atoms with van der Waals surface area (Å²) in [6.07, 6.45) is 2.02. The van der Waals surface area contributed by atoms with E-state index in [1.807, 2.05) is 18.2 Å². The van der Waals surface area contributed by atoms with Gasteiger partial charge in [-0.05, 0) is 6.26 Å². The molecule has 6 nitrogen and oxygen atoms in total. The van der Waals surface area contributed by atoms with Crippen LogP contribution in [0.4, 0.5) is 4.79 Å². The molecule has 1 aliphatic heterocycles. The van der Waals surface area contributed by atoms with Crippen molar-refractivity contribution in [1.82, 2.24) is 14.7 Å². The van der Waals surface area contributed by atoms with E-state index in [9.17, 15) is 9.59 Å². The quantitative estimate of drug-likeness (QED) is 0.771. The van der Waals surface area contributed by atoms with Gasteiger partial charge in [-0.15, -0.1) is 0 Å². The first kappa shape index (κ1) is 15.1. The lowest BCUT2D eigenvalue weighted by Gasteiger charge is -2.35. The Kier molecular flexibility index (Phi) is 6.28. The Bertz CT molecular complexity index is 293. The average molecular weight is 275 g/mol. The second kappa shape index (κ2) is 7.48. The minimum atomic E-state index is -0.813. The third-order valence-corrected chi connectivity index (χ3v) is 3.55. The minimum Gasteiger partial charge on any atom is -0.480 e. The lowest BCUT2D eigenvalue weighted by molar-refractivity contribution is -0.138. The highest BCUT2D eigenvalue weighted by molar-refractivity contribution is 7.98. The van der Waals surface area contributed by atoms with Gasteiger partial charge >= 0.3 is 12.0 Å². The Morgan fingerprint density at radius 3 is 2.39 bits per heavy atom. The summed E-state index contributed by atoms with van der Waals surface area (Å²) < 4.78 is 0. The fourth-order valence-electron chi connectivity index (χ4n) is 1.85. The summed E-state index contributed by atoms with van der Waals surface area (Å²) >= 11 is 1.72. The normalized spacial score (nSPS) is 16.7. The Balaban J connectivity index is 2.33. The number of carbonyl (C=O) groups is 2. The van der Waals surface area contributed by atoms with Gasteiger partial charge in [0, 0.05) is 45.5 Å². The van der Waals surface area contributed by atoms with Gasteiger partial charge in [0.05, 0.1) is 6.54 Å². The largest absolute Gasteiger partial charge is 0.480 e. The molecular formula is C11H21N3O3S. The molecule has 0 spiro atoms. The zero-order valence-electron chi connectivity index (χ0n) is 11.0. The number of hydrogen-bond donors (Lipinski definition) is 1. The van der Waals surface area contributed by atoms with Gasteiger partial charge in [0.2, 0.25) is 0 Å². The molecule has 104 valence electrons. The molecule has 1 saturated heterocycles. The van der Waals surface area contributed by atoms with Gasteiger partial charge in [0.1, 0.15) is 0 Å². The first-order valence-electron chi connectivity index (χ1n) is 5.97. The molecule has 1 fully saturated rings. The van der Waals surface area contributed by atoms with E-state index in [2.05, 4.69) is 0 Å². The number of rotatable bonds is 5. The molecule has 1 N–H and O–H groups in total. The van der Waals surface area contributed by atoms with Crippen LogP contribution in [0.1, 0.15) is 0 Å². The fraction of sp³-hybridized carbons (Fsp3) is 0.818. The van der Waals surface area contributed by atoms with E-state index < -0.39 is 5.97 Å². The van der Waals surface area contributed by atoms with Crippen molar-refractivity contribution >= 4 is 23.8 Å². The van der Waals surface area contributed by atoms with Crippen LogP contribution in [0, 0.1) is 0 Å². The number of carbonyl (C=O) groups excluding carboxylic acids is 1. The van der Waals surface area contributed by atoms with E-state index in [0.29, 0.717) is 26.2 Å². The van der Waals surface area contributed by atoms with Crippen molar-refractivity contribution in [2.75, 3.05) is 58.3 Å². The van der Waals surface area contributed by atoms with Crippen LogP contribution in [0.5, 0.6) is 0 Å².